The summed E-state index contributed by atoms with van der Waals surface area (Å²) in [5.41, 5.74) is 1.02. The molecule has 0 atom stereocenters. The average Bonchev–Trinajstić information content (AvgIpc) is 2.55. The van der Waals surface area contributed by atoms with Gasteiger partial charge in [-0.25, -0.2) is 0 Å². The molecular weight excluding hydrogens is 264 g/mol. The van der Waals surface area contributed by atoms with E-state index in [0.717, 1.165) is 0 Å². The van der Waals surface area contributed by atoms with Gasteiger partial charge in [-0.1, -0.05) is 60.7 Å². The molecule has 21 heavy (non-hydrogen) atoms. The van der Waals surface area contributed by atoms with E-state index in [2.05, 4.69) is 0 Å². The van der Waals surface area contributed by atoms with Gasteiger partial charge in [0.15, 0.2) is 11.5 Å². The van der Waals surface area contributed by atoms with Crippen LogP contribution in [0.3, 0.4) is 0 Å². The minimum Gasteiger partial charge on any atom is -0.490 e. The van der Waals surface area contributed by atoms with E-state index >= 15 is 0 Å². The first kappa shape index (κ1) is 14.7. The zero-order chi connectivity index (χ0) is 15.1. The van der Waals surface area contributed by atoms with E-state index in [9.17, 15) is 9.59 Å². The van der Waals surface area contributed by atoms with Crippen molar-refractivity contribution >= 4 is 11.6 Å². The van der Waals surface area contributed by atoms with E-state index in [1.54, 1.807) is 55.5 Å². The summed E-state index contributed by atoms with van der Waals surface area (Å²) in [6.45, 7) is 2.10. The molecule has 0 N–H and O–H groups in total. The van der Waals surface area contributed by atoms with Crippen LogP contribution in [0.25, 0.3) is 0 Å². The minimum atomic E-state index is -0.290. The Labute approximate surface area is 123 Å². The van der Waals surface area contributed by atoms with E-state index in [1.807, 2.05) is 12.1 Å². The van der Waals surface area contributed by atoms with Crippen LogP contribution in [0.2, 0.25) is 0 Å². The Kier molecular flexibility index (Phi) is 5.04. The number of rotatable bonds is 6. The predicted molar refractivity (Wildman–Crippen MR) is 81.3 cm³/mol. The van der Waals surface area contributed by atoms with Gasteiger partial charge in [0, 0.05) is 17.2 Å². The van der Waals surface area contributed by atoms with Crippen molar-refractivity contribution in [2.24, 2.45) is 0 Å². The number of carbonyl (C=O) groups excluding carboxylic acids is 2. The molecular formula is C18H16O3. The Bertz CT molecular complexity index is 643. The Hall–Kier alpha value is -2.68. The highest BCUT2D eigenvalue weighted by atomic mass is 16.5. The number of ketones is 2. The topological polar surface area (TPSA) is 43.4 Å². The molecule has 0 radical (unpaired) electrons. The molecule has 0 aliphatic carbocycles. The second kappa shape index (κ2) is 7.20. The maximum absolute atomic E-state index is 12.4. The summed E-state index contributed by atoms with van der Waals surface area (Å²) < 4.78 is 5.34. The van der Waals surface area contributed by atoms with Gasteiger partial charge in [-0.2, -0.15) is 0 Å². The molecule has 3 heteroatoms. The van der Waals surface area contributed by atoms with Crippen molar-refractivity contribution in [2.75, 3.05) is 6.61 Å². The first-order valence-corrected chi connectivity index (χ1v) is 6.76. The van der Waals surface area contributed by atoms with E-state index in [1.165, 1.54) is 6.08 Å². The van der Waals surface area contributed by atoms with Crippen molar-refractivity contribution in [1.29, 1.82) is 0 Å². The van der Waals surface area contributed by atoms with Gasteiger partial charge < -0.3 is 4.74 Å². The maximum atomic E-state index is 12.4. The molecule has 0 unspecified atom stereocenters. The Balaban J connectivity index is 2.28. The summed E-state index contributed by atoms with van der Waals surface area (Å²) in [6, 6.07) is 17.6. The Morgan fingerprint density at radius 3 is 1.95 bits per heavy atom. The van der Waals surface area contributed by atoms with Gasteiger partial charge in [-0.15, -0.1) is 0 Å². The number of Topliss-reactive ketones (excluding diaryl/α,β-unsaturated/α-hetero) is 1. The molecule has 0 aliphatic heterocycles. The quantitative estimate of drug-likeness (QED) is 0.460. The normalized spacial score (nSPS) is 11.0. The van der Waals surface area contributed by atoms with Crippen LogP contribution in [-0.4, -0.2) is 18.2 Å². The van der Waals surface area contributed by atoms with Crippen LogP contribution in [0.1, 0.15) is 27.6 Å². The highest BCUT2D eigenvalue weighted by molar-refractivity contribution is 6.13. The van der Waals surface area contributed by atoms with Crippen molar-refractivity contribution < 1.29 is 14.3 Å². The molecule has 2 rings (SSSR count). The van der Waals surface area contributed by atoms with Crippen LogP contribution in [0.15, 0.2) is 72.5 Å². The molecule has 0 spiro atoms. The van der Waals surface area contributed by atoms with E-state index in [0.29, 0.717) is 17.7 Å². The van der Waals surface area contributed by atoms with Gasteiger partial charge in [-0.3, -0.25) is 9.59 Å². The first-order chi connectivity index (χ1) is 10.2. The van der Waals surface area contributed by atoms with E-state index in [4.69, 9.17) is 4.74 Å². The van der Waals surface area contributed by atoms with Gasteiger partial charge in [0.2, 0.25) is 5.78 Å². The van der Waals surface area contributed by atoms with Crippen LogP contribution in [0.5, 0.6) is 0 Å². The van der Waals surface area contributed by atoms with Gasteiger partial charge in [0.1, 0.15) is 0 Å². The smallest absolute Gasteiger partial charge is 0.227 e. The fourth-order valence-electron chi connectivity index (χ4n) is 1.86. The van der Waals surface area contributed by atoms with E-state index < -0.39 is 0 Å². The summed E-state index contributed by atoms with van der Waals surface area (Å²) in [5, 5.41) is 0. The summed E-state index contributed by atoms with van der Waals surface area (Å²) in [5.74, 6) is -0.470. The average molecular weight is 280 g/mol. The van der Waals surface area contributed by atoms with Crippen molar-refractivity contribution in [3.8, 4) is 0 Å². The number of carbonyl (C=O) groups is 2. The van der Waals surface area contributed by atoms with Crippen molar-refractivity contribution in [1.82, 2.24) is 0 Å². The minimum absolute atomic E-state index is 0.0672. The summed E-state index contributed by atoms with van der Waals surface area (Å²) in [6.07, 6.45) is 1.26. The number of ether oxygens (including phenoxy) is 1. The summed E-state index contributed by atoms with van der Waals surface area (Å²) in [4.78, 5) is 24.5. The molecule has 0 aliphatic rings. The van der Waals surface area contributed by atoms with Gasteiger partial charge in [0.05, 0.1) is 6.61 Å². The van der Waals surface area contributed by atoms with Crippen LogP contribution < -0.4 is 0 Å². The van der Waals surface area contributed by atoms with Crippen molar-refractivity contribution in [2.45, 2.75) is 6.92 Å². The third-order valence-corrected chi connectivity index (χ3v) is 2.88. The van der Waals surface area contributed by atoms with Crippen LogP contribution in [0.4, 0.5) is 0 Å². The largest absolute Gasteiger partial charge is 0.490 e. The summed E-state index contributed by atoms with van der Waals surface area (Å²) >= 11 is 0. The summed E-state index contributed by atoms with van der Waals surface area (Å²) in [7, 11) is 0. The number of allylic oxidation sites excluding steroid dienone is 2. The molecule has 2 aromatic rings. The van der Waals surface area contributed by atoms with E-state index in [-0.39, 0.29) is 17.3 Å². The lowest BCUT2D eigenvalue weighted by Crippen LogP contribution is -2.09. The third-order valence-electron chi connectivity index (χ3n) is 2.88. The van der Waals surface area contributed by atoms with Gasteiger partial charge in [0.25, 0.3) is 0 Å². The number of hydrogen-bond donors (Lipinski definition) is 0. The van der Waals surface area contributed by atoms with Crippen LogP contribution in [-0.2, 0) is 4.74 Å². The van der Waals surface area contributed by atoms with Crippen molar-refractivity contribution in [3.63, 3.8) is 0 Å². The second-order valence-corrected chi connectivity index (χ2v) is 4.37. The fraction of sp³-hybridized carbons (Fsp3) is 0.111. The van der Waals surface area contributed by atoms with Crippen molar-refractivity contribution in [3.05, 3.63) is 83.6 Å². The molecule has 2 aromatic carbocycles. The first-order valence-electron chi connectivity index (χ1n) is 6.76. The lowest BCUT2D eigenvalue weighted by atomic mass is 10.1. The lowest BCUT2D eigenvalue weighted by Gasteiger charge is -2.07. The molecule has 0 heterocycles. The highest BCUT2D eigenvalue weighted by Crippen LogP contribution is 2.12. The fourth-order valence-corrected chi connectivity index (χ4v) is 1.86. The number of benzene rings is 2. The van der Waals surface area contributed by atoms with Crippen LogP contribution >= 0.6 is 0 Å². The molecule has 0 saturated carbocycles. The zero-order valence-corrected chi connectivity index (χ0v) is 11.8. The molecule has 106 valence electrons. The maximum Gasteiger partial charge on any atom is 0.227 e. The molecule has 0 amide bonds. The van der Waals surface area contributed by atoms with Gasteiger partial charge in [-0.05, 0) is 6.92 Å². The number of hydrogen-bond acceptors (Lipinski definition) is 3. The standard InChI is InChI=1S/C18H16O3/c1-2-21-17(18(20)15-11-7-4-8-12-15)13-16(19)14-9-5-3-6-10-14/h3-13H,2H2,1H3/b17-13-. The lowest BCUT2D eigenvalue weighted by molar-refractivity contribution is 0.0910. The monoisotopic (exact) mass is 280 g/mol. The zero-order valence-electron chi connectivity index (χ0n) is 11.8. The molecule has 0 bridgehead atoms. The molecule has 0 saturated heterocycles. The second-order valence-electron chi connectivity index (χ2n) is 4.37. The molecule has 3 nitrogen and oxygen atoms in total. The SMILES string of the molecule is CCO/C(=C\C(=O)c1ccccc1)C(=O)c1ccccc1. The van der Waals surface area contributed by atoms with Gasteiger partial charge >= 0.3 is 0 Å². The predicted octanol–water partition coefficient (Wildman–Crippen LogP) is 3.67. The van der Waals surface area contributed by atoms with Crippen LogP contribution in [0, 0.1) is 0 Å². The molecule has 0 aromatic heterocycles. The Morgan fingerprint density at radius 1 is 0.905 bits per heavy atom. The highest BCUT2D eigenvalue weighted by Gasteiger charge is 2.15. The third kappa shape index (κ3) is 3.89. The molecule has 0 fully saturated rings. The Morgan fingerprint density at radius 2 is 1.43 bits per heavy atom.